The van der Waals surface area contributed by atoms with E-state index in [1.165, 1.54) is 16.7 Å². The lowest BCUT2D eigenvalue weighted by Gasteiger charge is -2.04. The number of carbonyl (C=O) groups is 2. The second-order valence-electron chi connectivity index (χ2n) is 3.92. The smallest absolute Gasteiger partial charge is 0.396 e. The Morgan fingerprint density at radius 2 is 2.05 bits per heavy atom. The molecule has 0 aliphatic rings. The van der Waals surface area contributed by atoms with Crippen molar-refractivity contribution in [2.45, 2.75) is 6.92 Å². The van der Waals surface area contributed by atoms with Gasteiger partial charge in [-0.15, -0.1) is 11.3 Å². The molecular formula is C13H11NO4S. The summed E-state index contributed by atoms with van der Waals surface area (Å²) in [6.07, 6.45) is 0. The molecule has 0 spiro atoms. The molecule has 2 aromatic rings. The van der Waals surface area contributed by atoms with E-state index in [1.54, 1.807) is 6.07 Å². The monoisotopic (exact) mass is 277 g/mol. The average molecular weight is 277 g/mol. The SMILES string of the molecule is COC(=O)C(=O)Nc1csc2ccc(C)cc2c1=O. The van der Waals surface area contributed by atoms with Crippen LogP contribution in [0.1, 0.15) is 5.56 Å². The molecule has 6 heteroatoms. The Labute approximate surface area is 112 Å². The van der Waals surface area contributed by atoms with Crippen molar-refractivity contribution in [1.29, 1.82) is 0 Å². The Bertz CT molecular complexity index is 720. The van der Waals surface area contributed by atoms with Crippen molar-refractivity contribution in [2.75, 3.05) is 12.4 Å². The Morgan fingerprint density at radius 3 is 2.74 bits per heavy atom. The topological polar surface area (TPSA) is 72.5 Å². The second kappa shape index (κ2) is 5.19. The maximum absolute atomic E-state index is 12.2. The first-order chi connectivity index (χ1) is 9.02. The number of esters is 1. The maximum atomic E-state index is 12.2. The molecular weight excluding hydrogens is 266 g/mol. The number of hydrogen-bond acceptors (Lipinski definition) is 5. The Morgan fingerprint density at radius 1 is 1.32 bits per heavy atom. The lowest BCUT2D eigenvalue weighted by Crippen LogP contribution is -2.26. The minimum absolute atomic E-state index is 0.0819. The summed E-state index contributed by atoms with van der Waals surface area (Å²) in [6.45, 7) is 1.88. The van der Waals surface area contributed by atoms with Gasteiger partial charge in [0.05, 0.1) is 12.8 Å². The zero-order valence-corrected chi connectivity index (χ0v) is 11.2. The van der Waals surface area contributed by atoms with Crippen LogP contribution in [0.4, 0.5) is 5.69 Å². The van der Waals surface area contributed by atoms with Gasteiger partial charge < -0.3 is 10.1 Å². The zero-order valence-electron chi connectivity index (χ0n) is 10.4. The van der Waals surface area contributed by atoms with E-state index in [4.69, 9.17) is 0 Å². The molecule has 0 aliphatic carbocycles. The molecule has 1 amide bonds. The number of benzene rings is 1. The predicted octanol–water partition coefficient (Wildman–Crippen LogP) is 1.68. The molecule has 0 saturated carbocycles. The lowest BCUT2D eigenvalue weighted by atomic mass is 10.2. The quantitative estimate of drug-likeness (QED) is 0.636. The van der Waals surface area contributed by atoms with Gasteiger partial charge in [0.15, 0.2) is 0 Å². The minimum Gasteiger partial charge on any atom is -0.462 e. The van der Waals surface area contributed by atoms with Gasteiger partial charge in [-0.05, 0) is 19.1 Å². The van der Waals surface area contributed by atoms with Crippen molar-refractivity contribution in [3.8, 4) is 0 Å². The first-order valence-corrected chi connectivity index (χ1v) is 6.32. The van der Waals surface area contributed by atoms with Gasteiger partial charge in [0, 0.05) is 15.5 Å². The van der Waals surface area contributed by atoms with Crippen LogP contribution in [0.25, 0.3) is 10.1 Å². The average Bonchev–Trinajstić information content (AvgIpc) is 2.41. The summed E-state index contributed by atoms with van der Waals surface area (Å²) in [5.74, 6) is -1.99. The van der Waals surface area contributed by atoms with E-state index >= 15 is 0 Å². The van der Waals surface area contributed by atoms with Crippen molar-refractivity contribution in [1.82, 2.24) is 0 Å². The third-order valence-electron chi connectivity index (χ3n) is 2.55. The predicted molar refractivity (Wildman–Crippen MR) is 73.5 cm³/mol. The number of rotatable bonds is 1. The molecule has 1 N–H and O–H groups in total. The highest BCUT2D eigenvalue weighted by Gasteiger charge is 2.16. The van der Waals surface area contributed by atoms with E-state index in [-0.39, 0.29) is 11.1 Å². The fourth-order valence-electron chi connectivity index (χ4n) is 1.60. The van der Waals surface area contributed by atoms with Gasteiger partial charge in [0.2, 0.25) is 5.43 Å². The van der Waals surface area contributed by atoms with Crippen LogP contribution in [-0.4, -0.2) is 19.0 Å². The van der Waals surface area contributed by atoms with Crippen molar-refractivity contribution >= 4 is 39.0 Å². The third-order valence-corrected chi connectivity index (χ3v) is 3.51. The normalized spacial score (nSPS) is 10.2. The number of amides is 1. The zero-order chi connectivity index (χ0) is 14.0. The summed E-state index contributed by atoms with van der Waals surface area (Å²) in [5.41, 5.74) is 0.724. The molecule has 1 heterocycles. The summed E-state index contributed by atoms with van der Waals surface area (Å²) in [6, 6.07) is 5.51. The summed E-state index contributed by atoms with van der Waals surface area (Å²) in [7, 11) is 1.10. The number of hydrogen-bond donors (Lipinski definition) is 1. The van der Waals surface area contributed by atoms with Crippen LogP contribution in [0.2, 0.25) is 0 Å². The van der Waals surface area contributed by atoms with Crippen molar-refractivity contribution in [3.05, 3.63) is 39.4 Å². The van der Waals surface area contributed by atoms with E-state index in [2.05, 4.69) is 10.1 Å². The number of aryl methyl sites for hydroxylation is 1. The molecule has 0 atom stereocenters. The molecule has 1 aromatic carbocycles. The van der Waals surface area contributed by atoms with Crippen LogP contribution < -0.4 is 10.7 Å². The number of fused-ring (bicyclic) bond motifs is 1. The summed E-state index contributed by atoms with van der Waals surface area (Å²) in [5, 5.41) is 4.29. The van der Waals surface area contributed by atoms with Gasteiger partial charge in [0.25, 0.3) is 0 Å². The maximum Gasteiger partial charge on any atom is 0.396 e. The van der Waals surface area contributed by atoms with E-state index in [0.717, 1.165) is 17.4 Å². The number of ether oxygens (including phenoxy) is 1. The highest BCUT2D eigenvalue weighted by Crippen LogP contribution is 2.20. The minimum atomic E-state index is -1.03. The van der Waals surface area contributed by atoms with Gasteiger partial charge in [-0.2, -0.15) is 0 Å². The lowest BCUT2D eigenvalue weighted by molar-refractivity contribution is -0.150. The molecule has 0 fully saturated rings. The Balaban J connectivity index is 2.46. The molecule has 0 saturated heterocycles. The molecule has 1 aromatic heterocycles. The van der Waals surface area contributed by atoms with Crippen LogP contribution in [0, 0.1) is 6.92 Å². The Hall–Kier alpha value is -2.21. The molecule has 0 bridgehead atoms. The highest BCUT2D eigenvalue weighted by molar-refractivity contribution is 7.16. The number of nitrogens with one attached hydrogen (secondary N) is 1. The van der Waals surface area contributed by atoms with Gasteiger partial charge in [-0.3, -0.25) is 9.59 Å². The van der Waals surface area contributed by atoms with Crippen molar-refractivity contribution in [2.24, 2.45) is 0 Å². The standard InChI is InChI=1S/C13H11NO4S/c1-7-3-4-10-8(5-7)11(15)9(6-19-10)14-12(16)13(17)18-2/h3-6H,1-2H3,(H,14,16). The van der Waals surface area contributed by atoms with Gasteiger partial charge in [0.1, 0.15) is 0 Å². The molecule has 0 aliphatic heterocycles. The van der Waals surface area contributed by atoms with Gasteiger partial charge in [-0.1, -0.05) is 11.6 Å². The molecule has 98 valence electrons. The molecule has 19 heavy (non-hydrogen) atoms. The largest absolute Gasteiger partial charge is 0.462 e. The molecule has 0 unspecified atom stereocenters. The van der Waals surface area contributed by atoms with Crippen molar-refractivity contribution < 1.29 is 14.3 Å². The first kappa shape index (κ1) is 13.2. The fraction of sp³-hybridized carbons (Fsp3) is 0.154. The highest BCUT2D eigenvalue weighted by atomic mass is 32.1. The summed E-state index contributed by atoms with van der Waals surface area (Å²) < 4.78 is 5.11. The van der Waals surface area contributed by atoms with E-state index in [1.807, 2.05) is 19.1 Å². The van der Waals surface area contributed by atoms with E-state index in [9.17, 15) is 14.4 Å². The summed E-state index contributed by atoms with van der Waals surface area (Å²) >= 11 is 1.32. The molecule has 5 nitrogen and oxygen atoms in total. The van der Waals surface area contributed by atoms with Crippen molar-refractivity contribution in [3.63, 3.8) is 0 Å². The van der Waals surface area contributed by atoms with Crippen LogP contribution in [0.3, 0.4) is 0 Å². The van der Waals surface area contributed by atoms with Crippen LogP contribution >= 0.6 is 11.3 Å². The molecule has 0 radical (unpaired) electrons. The first-order valence-electron chi connectivity index (χ1n) is 5.44. The fourth-order valence-corrected chi connectivity index (χ4v) is 2.43. The van der Waals surface area contributed by atoms with Gasteiger partial charge >= 0.3 is 11.9 Å². The number of methoxy groups -OCH3 is 1. The third kappa shape index (κ3) is 2.63. The van der Waals surface area contributed by atoms with E-state index in [0.29, 0.717) is 5.39 Å². The number of carbonyl (C=O) groups excluding carboxylic acids is 2. The summed E-state index contributed by atoms with van der Waals surface area (Å²) in [4.78, 5) is 34.6. The van der Waals surface area contributed by atoms with Gasteiger partial charge in [-0.25, -0.2) is 4.79 Å². The number of anilines is 1. The van der Waals surface area contributed by atoms with Crippen LogP contribution in [0.15, 0.2) is 28.4 Å². The second-order valence-corrected chi connectivity index (χ2v) is 4.84. The Kier molecular flexibility index (Phi) is 3.62. The van der Waals surface area contributed by atoms with Crippen LogP contribution in [0.5, 0.6) is 0 Å². The van der Waals surface area contributed by atoms with Crippen LogP contribution in [-0.2, 0) is 14.3 Å². The molecule has 2 rings (SSSR count). The van der Waals surface area contributed by atoms with E-state index < -0.39 is 11.9 Å².